The largest absolute Gasteiger partial charge is 0.495 e. The molecule has 1 atom stereocenters. The minimum Gasteiger partial charge on any atom is -0.495 e. The predicted octanol–water partition coefficient (Wildman–Crippen LogP) is 1.81. The number of benzene rings is 2. The Morgan fingerprint density at radius 3 is 2.63 bits per heavy atom. The van der Waals surface area contributed by atoms with E-state index in [4.69, 9.17) is 18.9 Å². The van der Waals surface area contributed by atoms with Gasteiger partial charge in [-0.25, -0.2) is 4.68 Å². The van der Waals surface area contributed by atoms with Crippen LogP contribution < -0.4 is 24.7 Å². The molecule has 38 heavy (non-hydrogen) atoms. The Morgan fingerprint density at radius 1 is 1.05 bits per heavy atom. The van der Waals surface area contributed by atoms with Gasteiger partial charge in [0.05, 0.1) is 31.5 Å². The monoisotopic (exact) mass is 519 g/mol. The molecule has 4 heterocycles. The first-order valence-corrected chi connectivity index (χ1v) is 12.5. The third kappa shape index (κ3) is 4.41. The third-order valence-corrected chi connectivity index (χ3v) is 7.08. The van der Waals surface area contributed by atoms with Crippen LogP contribution in [0.25, 0.3) is 10.9 Å². The first-order valence-electron chi connectivity index (χ1n) is 12.5. The maximum atomic E-state index is 13.5. The molecular formula is C26H29N7O5. The number of piperazine rings is 1. The average molecular weight is 520 g/mol. The van der Waals surface area contributed by atoms with E-state index in [1.165, 1.54) is 0 Å². The molecule has 198 valence electrons. The van der Waals surface area contributed by atoms with Crippen LogP contribution in [0.5, 0.6) is 17.2 Å². The zero-order valence-electron chi connectivity index (χ0n) is 21.3. The number of para-hydroxylation sites is 2. The highest BCUT2D eigenvalue weighted by molar-refractivity contribution is 5.83. The van der Waals surface area contributed by atoms with Crippen LogP contribution in [0.1, 0.15) is 17.4 Å². The number of rotatable bonds is 8. The van der Waals surface area contributed by atoms with Crippen LogP contribution in [0.3, 0.4) is 0 Å². The van der Waals surface area contributed by atoms with Crippen molar-refractivity contribution in [3.8, 4) is 17.2 Å². The van der Waals surface area contributed by atoms with Gasteiger partial charge < -0.3 is 28.8 Å². The summed E-state index contributed by atoms with van der Waals surface area (Å²) in [4.78, 5) is 21.1. The highest BCUT2D eigenvalue weighted by Crippen LogP contribution is 2.37. The Hall–Kier alpha value is -4.16. The number of tetrazole rings is 1. The fourth-order valence-corrected chi connectivity index (χ4v) is 5.17. The molecule has 12 nitrogen and oxygen atoms in total. The SMILES string of the molecule is COCCn1nnnc1C(c1cc2cc3c(cc2[nH]c1=O)OCO3)N1CCN(c2ccccc2OC)CC1. The molecule has 0 radical (unpaired) electrons. The first kappa shape index (κ1) is 24.2. The number of nitrogens with one attached hydrogen (secondary N) is 1. The van der Waals surface area contributed by atoms with Crippen molar-refractivity contribution in [1.82, 2.24) is 30.1 Å². The molecule has 2 aromatic carbocycles. The Kier molecular flexibility index (Phi) is 6.56. The molecule has 2 aliphatic rings. The number of nitrogens with zero attached hydrogens (tertiary/aromatic N) is 6. The fourth-order valence-electron chi connectivity index (χ4n) is 5.17. The van der Waals surface area contributed by atoms with Crippen molar-refractivity contribution < 1.29 is 18.9 Å². The molecule has 2 aliphatic heterocycles. The number of fused-ring (bicyclic) bond motifs is 2. The van der Waals surface area contributed by atoms with Crippen LogP contribution >= 0.6 is 0 Å². The molecule has 0 amide bonds. The number of hydrogen-bond acceptors (Lipinski definition) is 10. The van der Waals surface area contributed by atoms with Crippen molar-refractivity contribution in [1.29, 1.82) is 0 Å². The number of methoxy groups -OCH3 is 2. The lowest BCUT2D eigenvalue weighted by molar-refractivity contribution is 0.171. The molecule has 4 aromatic rings. The number of pyridine rings is 1. The van der Waals surface area contributed by atoms with Crippen LogP contribution in [0.2, 0.25) is 0 Å². The maximum absolute atomic E-state index is 13.5. The highest BCUT2D eigenvalue weighted by Gasteiger charge is 2.33. The fraction of sp³-hybridized carbons (Fsp3) is 0.385. The minimum absolute atomic E-state index is 0.163. The van der Waals surface area contributed by atoms with Gasteiger partial charge in [-0.1, -0.05) is 12.1 Å². The van der Waals surface area contributed by atoms with Gasteiger partial charge in [0.2, 0.25) is 6.79 Å². The van der Waals surface area contributed by atoms with E-state index < -0.39 is 6.04 Å². The molecule has 1 fully saturated rings. The van der Waals surface area contributed by atoms with Crippen molar-refractivity contribution in [2.75, 3.05) is 58.7 Å². The number of aromatic nitrogens is 5. The number of hydrogen-bond donors (Lipinski definition) is 1. The summed E-state index contributed by atoms with van der Waals surface area (Å²) in [6.07, 6.45) is 0. The number of aromatic amines is 1. The Bertz CT molecular complexity index is 1500. The van der Waals surface area contributed by atoms with Crippen molar-refractivity contribution in [2.45, 2.75) is 12.6 Å². The van der Waals surface area contributed by atoms with Gasteiger partial charge in [-0.3, -0.25) is 9.69 Å². The zero-order valence-corrected chi connectivity index (χ0v) is 21.3. The van der Waals surface area contributed by atoms with Crippen molar-refractivity contribution in [2.24, 2.45) is 0 Å². The van der Waals surface area contributed by atoms with Gasteiger partial charge in [-0.05, 0) is 34.7 Å². The summed E-state index contributed by atoms with van der Waals surface area (Å²) in [6, 6.07) is 13.1. The van der Waals surface area contributed by atoms with Gasteiger partial charge in [-0.15, -0.1) is 5.10 Å². The van der Waals surface area contributed by atoms with Crippen LogP contribution in [0.15, 0.2) is 47.3 Å². The summed E-state index contributed by atoms with van der Waals surface area (Å²) < 4.78 is 23.6. The van der Waals surface area contributed by atoms with Gasteiger partial charge in [0.25, 0.3) is 5.56 Å². The summed E-state index contributed by atoms with van der Waals surface area (Å²) in [5, 5.41) is 13.4. The van der Waals surface area contributed by atoms with E-state index in [0.29, 0.717) is 54.6 Å². The molecule has 1 N–H and O–H groups in total. The van der Waals surface area contributed by atoms with E-state index in [9.17, 15) is 4.79 Å². The van der Waals surface area contributed by atoms with Crippen molar-refractivity contribution in [3.05, 3.63) is 64.2 Å². The molecule has 6 rings (SSSR count). The number of H-pyrrole nitrogens is 1. The molecular weight excluding hydrogens is 490 g/mol. The van der Waals surface area contributed by atoms with E-state index in [0.717, 1.165) is 29.9 Å². The van der Waals surface area contributed by atoms with Crippen LogP contribution in [-0.2, 0) is 11.3 Å². The minimum atomic E-state index is -0.458. The summed E-state index contributed by atoms with van der Waals surface area (Å²) >= 11 is 0. The van der Waals surface area contributed by atoms with Crippen LogP contribution in [0.4, 0.5) is 5.69 Å². The molecule has 0 saturated carbocycles. The van der Waals surface area contributed by atoms with Gasteiger partial charge in [-0.2, -0.15) is 0 Å². The Morgan fingerprint density at radius 2 is 1.84 bits per heavy atom. The van der Waals surface area contributed by atoms with Crippen LogP contribution in [0, 0.1) is 0 Å². The van der Waals surface area contributed by atoms with Crippen molar-refractivity contribution >= 4 is 16.6 Å². The van der Waals surface area contributed by atoms with E-state index in [1.54, 1.807) is 25.0 Å². The molecule has 0 aliphatic carbocycles. The quantitative estimate of drug-likeness (QED) is 0.369. The number of anilines is 1. The van der Waals surface area contributed by atoms with Crippen molar-refractivity contribution in [3.63, 3.8) is 0 Å². The lowest BCUT2D eigenvalue weighted by Crippen LogP contribution is -2.49. The average Bonchev–Trinajstić information content (AvgIpc) is 3.60. The number of ether oxygens (including phenoxy) is 4. The summed E-state index contributed by atoms with van der Waals surface area (Å²) in [7, 11) is 3.32. The summed E-state index contributed by atoms with van der Waals surface area (Å²) in [5.41, 5.74) is 2.10. The highest BCUT2D eigenvalue weighted by atomic mass is 16.7. The molecule has 0 spiro atoms. The predicted molar refractivity (Wildman–Crippen MR) is 139 cm³/mol. The van der Waals surface area contributed by atoms with E-state index in [2.05, 4.69) is 36.4 Å². The second kappa shape index (κ2) is 10.3. The van der Waals surface area contributed by atoms with E-state index in [1.807, 2.05) is 30.3 Å². The summed E-state index contributed by atoms with van der Waals surface area (Å²) in [6.45, 7) is 3.97. The molecule has 1 saturated heterocycles. The second-order valence-electron chi connectivity index (χ2n) is 9.20. The first-order chi connectivity index (χ1) is 18.7. The van der Waals surface area contributed by atoms with Gasteiger partial charge in [0.15, 0.2) is 17.3 Å². The molecule has 1 unspecified atom stereocenters. The Balaban J connectivity index is 1.37. The smallest absolute Gasteiger partial charge is 0.253 e. The molecule has 0 bridgehead atoms. The lowest BCUT2D eigenvalue weighted by atomic mass is 10.0. The third-order valence-electron chi connectivity index (χ3n) is 7.08. The molecule has 2 aromatic heterocycles. The van der Waals surface area contributed by atoms with Gasteiger partial charge in [0, 0.05) is 50.3 Å². The lowest BCUT2D eigenvalue weighted by Gasteiger charge is -2.40. The normalized spacial score (nSPS) is 16.2. The second-order valence-corrected chi connectivity index (χ2v) is 9.20. The maximum Gasteiger partial charge on any atom is 0.253 e. The van der Waals surface area contributed by atoms with Crippen LogP contribution in [-0.4, -0.2) is 83.9 Å². The van der Waals surface area contributed by atoms with E-state index >= 15 is 0 Å². The standard InChI is InChI=1S/C26H29N7O5/c1-35-12-11-33-25(28-29-30-33)24(32-9-7-31(8-10-32)20-5-3-4-6-21(20)36-2)18-13-17-14-22-23(38-16-37-22)15-19(17)27-26(18)34/h3-6,13-15,24H,7-12,16H2,1-2H3,(H,27,34). The van der Waals surface area contributed by atoms with Gasteiger partial charge >= 0.3 is 0 Å². The van der Waals surface area contributed by atoms with Gasteiger partial charge in [0.1, 0.15) is 11.8 Å². The topological polar surface area (TPSA) is 120 Å². The zero-order chi connectivity index (χ0) is 26.1. The van der Waals surface area contributed by atoms with E-state index in [-0.39, 0.29) is 12.4 Å². The summed E-state index contributed by atoms with van der Waals surface area (Å²) in [5.74, 6) is 2.71. The molecule has 12 heteroatoms. The Labute approximate surface area is 218 Å².